The lowest BCUT2D eigenvalue weighted by molar-refractivity contribution is 0.629. The Morgan fingerprint density at radius 2 is 2.16 bits per heavy atom. The minimum Gasteiger partial charge on any atom is -0.378 e. The summed E-state index contributed by atoms with van der Waals surface area (Å²) in [6.07, 6.45) is 3.69. The molecule has 0 aliphatic carbocycles. The predicted molar refractivity (Wildman–Crippen MR) is 73.7 cm³/mol. The first kappa shape index (κ1) is 11.7. The molecule has 0 bridgehead atoms. The van der Waals surface area contributed by atoms with Gasteiger partial charge in [0.1, 0.15) is 5.82 Å². The summed E-state index contributed by atoms with van der Waals surface area (Å²) in [4.78, 5) is 0. The topological polar surface area (TPSA) is 29.3 Å². The van der Waals surface area contributed by atoms with Gasteiger partial charge in [0, 0.05) is 18.3 Å². The van der Waals surface area contributed by atoms with Gasteiger partial charge >= 0.3 is 0 Å². The minimum atomic E-state index is -0.225. The molecule has 0 saturated heterocycles. The second-order valence-electron chi connectivity index (χ2n) is 4.54. The molecule has 1 aromatic carbocycles. The zero-order chi connectivity index (χ0) is 13.2. The van der Waals surface area contributed by atoms with Crippen LogP contribution in [0.1, 0.15) is 11.1 Å². The van der Waals surface area contributed by atoms with Crippen molar-refractivity contribution in [2.24, 2.45) is 0 Å². The normalized spacial score (nSPS) is 10.8. The third kappa shape index (κ3) is 2.29. The van der Waals surface area contributed by atoms with Crippen molar-refractivity contribution in [1.82, 2.24) is 9.61 Å². The van der Waals surface area contributed by atoms with Crippen LogP contribution < -0.4 is 5.32 Å². The minimum absolute atomic E-state index is 0.225. The van der Waals surface area contributed by atoms with Gasteiger partial charge in [0.15, 0.2) is 0 Å². The van der Waals surface area contributed by atoms with E-state index in [1.54, 1.807) is 12.3 Å². The number of hydrogen-bond donors (Lipinski definition) is 1. The van der Waals surface area contributed by atoms with Crippen LogP contribution in [0.3, 0.4) is 0 Å². The Labute approximate surface area is 110 Å². The maximum atomic E-state index is 13.7. The smallest absolute Gasteiger partial charge is 0.146 e. The van der Waals surface area contributed by atoms with E-state index in [-0.39, 0.29) is 5.82 Å². The van der Waals surface area contributed by atoms with Crippen molar-refractivity contribution in [3.8, 4) is 0 Å². The highest BCUT2D eigenvalue weighted by atomic mass is 19.1. The average molecular weight is 255 g/mol. The lowest BCUT2D eigenvalue weighted by Gasteiger charge is -2.07. The Morgan fingerprint density at radius 1 is 1.26 bits per heavy atom. The number of aryl methyl sites for hydroxylation is 1. The van der Waals surface area contributed by atoms with E-state index >= 15 is 0 Å². The van der Waals surface area contributed by atoms with Gasteiger partial charge in [-0.25, -0.2) is 8.91 Å². The molecule has 2 heterocycles. The summed E-state index contributed by atoms with van der Waals surface area (Å²) in [7, 11) is 0. The Bertz CT molecular complexity index is 718. The second-order valence-corrected chi connectivity index (χ2v) is 4.54. The van der Waals surface area contributed by atoms with E-state index in [0.29, 0.717) is 12.2 Å². The van der Waals surface area contributed by atoms with Crippen LogP contribution in [0.25, 0.3) is 5.52 Å². The van der Waals surface area contributed by atoms with Crippen molar-refractivity contribution >= 4 is 11.2 Å². The number of nitrogens with zero attached hydrogens (tertiary/aromatic N) is 2. The van der Waals surface area contributed by atoms with Crippen LogP contribution in [0.15, 0.2) is 48.8 Å². The van der Waals surface area contributed by atoms with Crippen molar-refractivity contribution in [1.29, 1.82) is 0 Å². The van der Waals surface area contributed by atoms with Crippen molar-refractivity contribution in [2.75, 3.05) is 5.32 Å². The molecule has 3 aromatic rings. The Morgan fingerprint density at radius 3 is 3.00 bits per heavy atom. The summed E-state index contributed by atoms with van der Waals surface area (Å²) < 4.78 is 15.5. The summed E-state index contributed by atoms with van der Waals surface area (Å²) in [5.74, 6) is -0.225. The Balaban J connectivity index is 1.82. The third-order valence-electron chi connectivity index (χ3n) is 3.10. The molecule has 0 amide bonds. The van der Waals surface area contributed by atoms with Crippen molar-refractivity contribution in [2.45, 2.75) is 13.5 Å². The molecule has 0 aliphatic rings. The van der Waals surface area contributed by atoms with Crippen LogP contribution in [-0.4, -0.2) is 9.61 Å². The fourth-order valence-electron chi connectivity index (χ4n) is 2.08. The Kier molecular flexibility index (Phi) is 2.91. The van der Waals surface area contributed by atoms with E-state index in [9.17, 15) is 4.39 Å². The van der Waals surface area contributed by atoms with Crippen LogP contribution in [0, 0.1) is 12.7 Å². The van der Waals surface area contributed by atoms with Crippen LogP contribution in [0.2, 0.25) is 0 Å². The standard InChI is InChI=1S/C15H14FN3/c1-11-5-6-14(13(16)8-11)17-9-12-10-18-19-7-3-2-4-15(12)19/h2-8,10,17H,9H2,1H3. The zero-order valence-corrected chi connectivity index (χ0v) is 10.6. The van der Waals surface area contributed by atoms with E-state index in [4.69, 9.17) is 0 Å². The van der Waals surface area contributed by atoms with Gasteiger partial charge in [-0.15, -0.1) is 0 Å². The summed E-state index contributed by atoms with van der Waals surface area (Å²) >= 11 is 0. The van der Waals surface area contributed by atoms with Gasteiger partial charge < -0.3 is 5.32 Å². The van der Waals surface area contributed by atoms with E-state index < -0.39 is 0 Å². The van der Waals surface area contributed by atoms with Crippen LogP contribution in [0.4, 0.5) is 10.1 Å². The van der Waals surface area contributed by atoms with E-state index in [1.807, 2.05) is 41.9 Å². The van der Waals surface area contributed by atoms with Crippen LogP contribution in [-0.2, 0) is 6.54 Å². The van der Waals surface area contributed by atoms with Gasteiger partial charge in [0.05, 0.1) is 17.4 Å². The fourth-order valence-corrected chi connectivity index (χ4v) is 2.08. The number of benzene rings is 1. The maximum Gasteiger partial charge on any atom is 0.146 e. The molecule has 96 valence electrons. The van der Waals surface area contributed by atoms with Gasteiger partial charge in [-0.05, 0) is 36.8 Å². The SMILES string of the molecule is Cc1ccc(NCc2cnn3ccccc23)c(F)c1. The molecule has 3 rings (SSSR count). The molecule has 1 N–H and O–H groups in total. The number of nitrogens with one attached hydrogen (secondary N) is 1. The first-order valence-corrected chi connectivity index (χ1v) is 6.15. The molecule has 2 aromatic heterocycles. The van der Waals surface area contributed by atoms with Gasteiger partial charge in [0.2, 0.25) is 0 Å². The lowest BCUT2D eigenvalue weighted by Crippen LogP contribution is -2.01. The molecule has 19 heavy (non-hydrogen) atoms. The number of rotatable bonds is 3. The highest BCUT2D eigenvalue weighted by Crippen LogP contribution is 2.17. The summed E-state index contributed by atoms with van der Waals surface area (Å²) in [6, 6.07) is 11.1. The van der Waals surface area contributed by atoms with Gasteiger partial charge in [0.25, 0.3) is 0 Å². The zero-order valence-electron chi connectivity index (χ0n) is 10.6. The van der Waals surface area contributed by atoms with Gasteiger partial charge in [-0.3, -0.25) is 0 Å². The maximum absolute atomic E-state index is 13.7. The van der Waals surface area contributed by atoms with E-state index in [1.165, 1.54) is 6.07 Å². The largest absolute Gasteiger partial charge is 0.378 e. The highest BCUT2D eigenvalue weighted by Gasteiger charge is 2.05. The summed E-state index contributed by atoms with van der Waals surface area (Å²) in [6.45, 7) is 2.42. The number of aromatic nitrogens is 2. The van der Waals surface area contributed by atoms with Crippen molar-refractivity contribution in [3.05, 3.63) is 65.7 Å². The number of anilines is 1. The first-order valence-electron chi connectivity index (χ1n) is 6.15. The first-order chi connectivity index (χ1) is 9.24. The van der Waals surface area contributed by atoms with E-state index in [2.05, 4.69) is 10.4 Å². The molecule has 0 spiro atoms. The fraction of sp³-hybridized carbons (Fsp3) is 0.133. The molecular formula is C15H14FN3. The van der Waals surface area contributed by atoms with Gasteiger partial charge in [-0.2, -0.15) is 5.10 Å². The molecule has 0 fully saturated rings. The number of hydrogen-bond acceptors (Lipinski definition) is 2. The second kappa shape index (κ2) is 4.72. The van der Waals surface area contributed by atoms with E-state index in [0.717, 1.165) is 16.6 Å². The number of halogens is 1. The molecule has 3 nitrogen and oxygen atoms in total. The monoisotopic (exact) mass is 255 g/mol. The molecule has 4 heteroatoms. The number of fused-ring (bicyclic) bond motifs is 1. The van der Waals surface area contributed by atoms with Crippen molar-refractivity contribution < 1.29 is 4.39 Å². The predicted octanol–water partition coefficient (Wildman–Crippen LogP) is 3.39. The molecule has 0 radical (unpaired) electrons. The Hall–Kier alpha value is -2.36. The van der Waals surface area contributed by atoms with Crippen molar-refractivity contribution in [3.63, 3.8) is 0 Å². The molecule has 0 aliphatic heterocycles. The average Bonchev–Trinajstić information content (AvgIpc) is 2.81. The molecule has 0 unspecified atom stereocenters. The molecular weight excluding hydrogens is 241 g/mol. The lowest BCUT2D eigenvalue weighted by atomic mass is 10.2. The summed E-state index contributed by atoms with van der Waals surface area (Å²) in [5.41, 5.74) is 3.50. The van der Waals surface area contributed by atoms with Crippen LogP contribution in [0.5, 0.6) is 0 Å². The molecule has 0 saturated carbocycles. The van der Waals surface area contributed by atoms with Crippen LogP contribution >= 0.6 is 0 Å². The molecule has 0 atom stereocenters. The van der Waals surface area contributed by atoms with Gasteiger partial charge in [-0.1, -0.05) is 12.1 Å². The summed E-state index contributed by atoms with van der Waals surface area (Å²) in [5, 5.41) is 7.36. The third-order valence-corrected chi connectivity index (χ3v) is 3.10. The highest BCUT2D eigenvalue weighted by molar-refractivity contribution is 5.55. The number of pyridine rings is 1. The quantitative estimate of drug-likeness (QED) is 0.777.